The van der Waals surface area contributed by atoms with Crippen molar-refractivity contribution in [1.82, 2.24) is 0 Å². The van der Waals surface area contributed by atoms with Gasteiger partial charge in [0.2, 0.25) is 0 Å². The summed E-state index contributed by atoms with van der Waals surface area (Å²) in [6.07, 6.45) is 0.326. The van der Waals surface area contributed by atoms with E-state index in [1.807, 2.05) is 54.6 Å². The van der Waals surface area contributed by atoms with Crippen LogP contribution in [0.15, 0.2) is 66.7 Å². The number of ketones is 1. The molecule has 0 radical (unpaired) electrons. The van der Waals surface area contributed by atoms with Crippen LogP contribution < -0.4 is 14.8 Å². The van der Waals surface area contributed by atoms with Crippen LogP contribution in [0.5, 0.6) is 11.5 Å². The fourth-order valence-electron chi connectivity index (χ4n) is 3.28. The van der Waals surface area contributed by atoms with Gasteiger partial charge in [0.05, 0.1) is 20.3 Å². The number of hydrogen-bond donors (Lipinski definition) is 1. The van der Waals surface area contributed by atoms with Gasteiger partial charge in [0.15, 0.2) is 17.3 Å². The maximum absolute atomic E-state index is 12.9. The van der Waals surface area contributed by atoms with Crippen LogP contribution in [0, 0.1) is 13.8 Å². The molecule has 3 aromatic carbocycles. The summed E-state index contributed by atoms with van der Waals surface area (Å²) in [5.74, 6) is 1.39. The van der Waals surface area contributed by atoms with Crippen LogP contribution in [0.3, 0.4) is 0 Å². The highest BCUT2D eigenvalue weighted by molar-refractivity contribution is 5.96. The number of nitrogens with one attached hydrogen (secondary N) is 1. The summed E-state index contributed by atoms with van der Waals surface area (Å²) in [4.78, 5) is 12.9. The lowest BCUT2D eigenvalue weighted by atomic mass is 9.97. The first kappa shape index (κ1) is 20.5. The monoisotopic (exact) mass is 389 g/mol. The fourth-order valence-corrected chi connectivity index (χ4v) is 3.28. The number of anilines is 1. The Morgan fingerprint density at radius 1 is 0.862 bits per heavy atom. The van der Waals surface area contributed by atoms with Gasteiger partial charge >= 0.3 is 0 Å². The molecule has 0 saturated carbocycles. The van der Waals surface area contributed by atoms with Crippen molar-refractivity contribution in [3.05, 3.63) is 89.0 Å². The van der Waals surface area contributed by atoms with Gasteiger partial charge in [0.1, 0.15) is 0 Å². The summed E-state index contributed by atoms with van der Waals surface area (Å²) in [6, 6.07) is 21.2. The molecular weight excluding hydrogens is 362 g/mol. The molecule has 1 atom stereocenters. The number of hydrogen-bond acceptors (Lipinski definition) is 4. The predicted molar refractivity (Wildman–Crippen MR) is 117 cm³/mol. The van der Waals surface area contributed by atoms with Gasteiger partial charge in [0.25, 0.3) is 0 Å². The van der Waals surface area contributed by atoms with Crippen molar-refractivity contribution in [3.63, 3.8) is 0 Å². The molecule has 0 aromatic heterocycles. The molecule has 0 spiro atoms. The first-order chi connectivity index (χ1) is 14.0. The zero-order valence-electron chi connectivity index (χ0n) is 17.4. The number of rotatable bonds is 8. The molecule has 29 heavy (non-hydrogen) atoms. The lowest BCUT2D eigenvalue weighted by Gasteiger charge is -2.22. The van der Waals surface area contributed by atoms with Crippen LogP contribution in [0.2, 0.25) is 0 Å². The lowest BCUT2D eigenvalue weighted by Crippen LogP contribution is -2.16. The molecule has 4 nitrogen and oxygen atoms in total. The highest BCUT2D eigenvalue weighted by atomic mass is 16.5. The molecule has 150 valence electrons. The zero-order valence-corrected chi connectivity index (χ0v) is 17.4. The van der Waals surface area contributed by atoms with Gasteiger partial charge in [-0.25, -0.2) is 0 Å². The minimum atomic E-state index is -0.204. The van der Waals surface area contributed by atoms with Crippen molar-refractivity contribution in [2.75, 3.05) is 19.5 Å². The predicted octanol–water partition coefficient (Wildman–Crippen LogP) is 5.75. The van der Waals surface area contributed by atoms with E-state index in [0.29, 0.717) is 23.5 Å². The number of ether oxygens (including phenoxy) is 2. The molecule has 0 heterocycles. The average molecular weight is 389 g/mol. The van der Waals surface area contributed by atoms with Gasteiger partial charge < -0.3 is 14.8 Å². The van der Waals surface area contributed by atoms with E-state index in [1.165, 1.54) is 11.1 Å². The Labute approximate surface area is 172 Å². The summed E-state index contributed by atoms with van der Waals surface area (Å²) in [7, 11) is 3.23. The molecule has 4 heteroatoms. The standard InChI is InChI=1S/C25H27NO3/c1-17-10-12-21(14-18(17)2)26-22(16-23(27)19-8-6-5-7-9-19)20-11-13-24(28-3)25(15-20)29-4/h5-15,22,26H,16H2,1-4H3. The Hall–Kier alpha value is -3.27. The molecule has 0 amide bonds. The summed E-state index contributed by atoms with van der Waals surface area (Å²) >= 11 is 0. The Morgan fingerprint density at radius 3 is 2.24 bits per heavy atom. The van der Waals surface area contributed by atoms with Gasteiger partial charge in [-0.2, -0.15) is 0 Å². The van der Waals surface area contributed by atoms with Crippen LogP contribution >= 0.6 is 0 Å². The van der Waals surface area contributed by atoms with Crippen LogP contribution in [0.1, 0.15) is 39.5 Å². The van der Waals surface area contributed by atoms with Gasteiger partial charge in [0, 0.05) is 17.7 Å². The van der Waals surface area contributed by atoms with Crippen molar-refractivity contribution < 1.29 is 14.3 Å². The first-order valence-electron chi connectivity index (χ1n) is 9.65. The van der Waals surface area contributed by atoms with Crippen molar-refractivity contribution >= 4 is 11.5 Å². The van der Waals surface area contributed by atoms with Crippen molar-refractivity contribution in [1.29, 1.82) is 0 Å². The second-order valence-electron chi connectivity index (χ2n) is 7.10. The van der Waals surface area contributed by atoms with E-state index in [4.69, 9.17) is 9.47 Å². The third-order valence-electron chi connectivity index (χ3n) is 5.14. The molecule has 0 aliphatic heterocycles. The van der Waals surface area contributed by atoms with E-state index in [-0.39, 0.29) is 11.8 Å². The second kappa shape index (κ2) is 9.28. The molecule has 3 rings (SSSR count). The van der Waals surface area contributed by atoms with Crippen molar-refractivity contribution in [2.24, 2.45) is 0 Å². The van der Waals surface area contributed by atoms with E-state index < -0.39 is 0 Å². The highest BCUT2D eigenvalue weighted by Crippen LogP contribution is 2.33. The van der Waals surface area contributed by atoms with Gasteiger partial charge in [-0.15, -0.1) is 0 Å². The fraction of sp³-hybridized carbons (Fsp3) is 0.240. The number of benzene rings is 3. The Kier molecular flexibility index (Phi) is 6.55. The van der Waals surface area contributed by atoms with E-state index in [0.717, 1.165) is 11.3 Å². The Balaban J connectivity index is 1.94. The maximum Gasteiger partial charge on any atom is 0.165 e. The molecule has 3 aromatic rings. The molecule has 0 fully saturated rings. The summed E-state index contributed by atoms with van der Waals surface area (Å²) in [5, 5.41) is 3.54. The molecule has 0 aliphatic carbocycles. The van der Waals surface area contributed by atoms with Crippen LogP contribution in [0.25, 0.3) is 0 Å². The molecule has 1 N–H and O–H groups in total. The summed E-state index contributed by atoms with van der Waals surface area (Å²) in [6.45, 7) is 4.17. The number of carbonyl (C=O) groups excluding carboxylic acids is 1. The van der Waals surface area contributed by atoms with E-state index >= 15 is 0 Å². The maximum atomic E-state index is 12.9. The minimum absolute atomic E-state index is 0.0849. The summed E-state index contributed by atoms with van der Waals surface area (Å²) in [5.41, 5.74) is 5.09. The highest BCUT2D eigenvalue weighted by Gasteiger charge is 2.19. The first-order valence-corrected chi connectivity index (χ1v) is 9.65. The largest absolute Gasteiger partial charge is 0.493 e. The van der Waals surface area contributed by atoms with Gasteiger partial charge in [-0.3, -0.25) is 4.79 Å². The SMILES string of the molecule is COc1ccc(C(CC(=O)c2ccccc2)Nc2ccc(C)c(C)c2)cc1OC. The second-order valence-corrected chi connectivity index (χ2v) is 7.10. The average Bonchev–Trinajstić information content (AvgIpc) is 2.75. The third-order valence-corrected chi connectivity index (χ3v) is 5.14. The molecule has 0 bridgehead atoms. The zero-order chi connectivity index (χ0) is 20.8. The molecule has 0 aliphatic rings. The number of aryl methyl sites for hydroxylation is 2. The van der Waals surface area contributed by atoms with Crippen LogP contribution in [-0.4, -0.2) is 20.0 Å². The number of carbonyl (C=O) groups is 1. The van der Waals surface area contributed by atoms with Gasteiger partial charge in [-0.05, 0) is 54.8 Å². The van der Waals surface area contributed by atoms with E-state index in [9.17, 15) is 4.79 Å². The Bertz CT molecular complexity index is 983. The smallest absolute Gasteiger partial charge is 0.165 e. The van der Waals surface area contributed by atoms with Crippen LogP contribution in [-0.2, 0) is 0 Å². The molecule has 1 unspecified atom stereocenters. The minimum Gasteiger partial charge on any atom is -0.493 e. The normalized spacial score (nSPS) is 11.6. The van der Waals surface area contributed by atoms with E-state index in [1.54, 1.807) is 14.2 Å². The quantitative estimate of drug-likeness (QED) is 0.499. The number of Topliss-reactive ketones (excluding diaryl/α,β-unsaturated/α-hetero) is 1. The summed E-state index contributed by atoms with van der Waals surface area (Å²) < 4.78 is 10.8. The molecular formula is C25H27NO3. The van der Waals surface area contributed by atoms with Crippen LogP contribution in [0.4, 0.5) is 5.69 Å². The van der Waals surface area contributed by atoms with E-state index in [2.05, 4.69) is 31.3 Å². The topological polar surface area (TPSA) is 47.6 Å². The van der Waals surface area contributed by atoms with Gasteiger partial charge in [-0.1, -0.05) is 42.5 Å². The molecule has 0 saturated heterocycles. The Morgan fingerprint density at radius 2 is 1.59 bits per heavy atom. The number of methoxy groups -OCH3 is 2. The van der Waals surface area contributed by atoms with Crippen molar-refractivity contribution in [2.45, 2.75) is 26.3 Å². The third kappa shape index (κ3) is 4.96. The van der Waals surface area contributed by atoms with Crippen molar-refractivity contribution in [3.8, 4) is 11.5 Å². The lowest BCUT2D eigenvalue weighted by molar-refractivity contribution is 0.0976.